The predicted octanol–water partition coefficient (Wildman–Crippen LogP) is 4.15. The van der Waals surface area contributed by atoms with Crippen LogP contribution in [0.3, 0.4) is 0 Å². The molecule has 0 aliphatic carbocycles. The van der Waals surface area contributed by atoms with Crippen LogP contribution in [0, 0.1) is 5.82 Å². The first kappa shape index (κ1) is 25.5. The smallest absolute Gasteiger partial charge is 0.298 e. The summed E-state index contributed by atoms with van der Waals surface area (Å²) in [6.45, 7) is 8.35. The molecule has 196 valence electrons. The lowest BCUT2D eigenvalue weighted by Gasteiger charge is -2.39. The summed E-state index contributed by atoms with van der Waals surface area (Å²) in [5.41, 5.74) is 0.830. The third kappa shape index (κ3) is 5.02. The van der Waals surface area contributed by atoms with Crippen molar-refractivity contribution >= 4 is 11.6 Å². The molecule has 3 heterocycles. The number of piperazine rings is 1. The summed E-state index contributed by atoms with van der Waals surface area (Å²) in [5, 5.41) is 7.46. The molecule has 1 fully saturated rings. The van der Waals surface area contributed by atoms with Gasteiger partial charge in [-0.25, -0.2) is 4.39 Å². The summed E-state index contributed by atoms with van der Waals surface area (Å²) < 4.78 is 45.8. The monoisotopic (exact) mass is 511 g/mol. The molecule has 0 bridgehead atoms. The van der Waals surface area contributed by atoms with Crippen LogP contribution in [0.15, 0.2) is 60.9 Å². The molecule has 0 unspecified atom stereocenters. The van der Waals surface area contributed by atoms with E-state index in [1.54, 1.807) is 33.8 Å². The van der Waals surface area contributed by atoms with Crippen molar-refractivity contribution in [2.24, 2.45) is 0 Å². The van der Waals surface area contributed by atoms with Crippen LogP contribution in [-0.4, -0.2) is 58.9 Å². The zero-order chi connectivity index (χ0) is 26.4. The molecule has 0 saturated carbocycles. The number of hydrogen-bond acceptors (Lipinski definition) is 4. The number of anilines is 1. The second-order valence-electron chi connectivity index (χ2n) is 10.8. The Morgan fingerprint density at radius 2 is 1.92 bits per heavy atom. The summed E-state index contributed by atoms with van der Waals surface area (Å²) in [6.07, 6.45) is 2.51. The van der Waals surface area contributed by atoms with E-state index in [2.05, 4.69) is 15.3 Å². The first-order valence-electron chi connectivity index (χ1n) is 12.6. The summed E-state index contributed by atoms with van der Waals surface area (Å²) in [5.74, 6) is -3.73. The first-order valence-corrected chi connectivity index (χ1v) is 12.6. The molecule has 37 heavy (non-hydrogen) atoms. The molecule has 2 atom stereocenters. The minimum atomic E-state index is -3.18. The van der Waals surface area contributed by atoms with Crippen LogP contribution < -0.4 is 10.2 Å². The number of amides is 1. The lowest BCUT2D eigenvalue weighted by Crippen LogP contribution is -2.59. The second-order valence-corrected chi connectivity index (χ2v) is 10.8. The third-order valence-electron chi connectivity index (χ3n) is 7.44. The highest BCUT2D eigenvalue weighted by molar-refractivity contribution is 5.97. The molecule has 2 aliphatic heterocycles. The Morgan fingerprint density at radius 3 is 2.62 bits per heavy atom. The van der Waals surface area contributed by atoms with Gasteiger partial charge in [0.2, 0.25) is 5.91 Å². The van der Waals surface area contributed by atoms with Gasteiger partial charge in [-0.05, 0) is 18.6 Å². The molecule has 5 rings (SSSR count). The number of benzene rings is 2. The van der Waals surface area contributed by atoms with E-state index in [9.17, 15) is 9.18 Å². The summed E-state index contributed by atoms with van der Waals surface area (Å²) in [6, 6.07) is 12.5. The van der Waals surface area contributed by atoms with Crippen LogP contribution in [0.2, 0.25) is 0 Å². The maximum absolute atomic E-state index is 15.4. The van der Waals surface area contributed by atoms with E-state index in [1.165, 1.54) is 36.7 Å². The number of nitrogens with one attached hydrogen (secondary N) is 1. The van der Waals surface area contributed by atoms with Crippen molar-refractivity contribution in [2.75, 3.05) is 31.1 Å². The van der Waals surface area contributed by atoms with Crippen molar-refractivity contribution in [1.29, 1.82) is 0 Å². The Hall–Kier alpha value is -3.17. The molecule has 0 spiro atoms. The molecule has 6 nitrogen and oxygen atoms in total. The standard InChI is InChI=1S/C28H32F3N5O/c1-19-14-34(23(13-32-19)16-35-15-22(29)12-33-35)17-26(37)36-18-27(2,3)24-10-9-21(11-25(24)36)28(30,31)20-7-5-4-6-8-20/h4-12,15,19,23,32H,13-14,16-18H2,1-3H3/t19-,23-/m1/s1. The van der Waals surface area contributed by atoms with Crippen molar-refractivity contribution in [3.05, 3.63) is 83.4 Å². The van der Waals surface area contributed by atoms with Gasteiger partial charge in [-0.15, -0.1) is 0 Å². The van der Waals surface area contributed by atoms with E-state index in [0.29, 0.717) is 31.9 Å². The van der Waals surface area contributed by atoms with E-state index in [0.717, 1.165) is 5.56 Å². The fourth-order valence-electron chi connectivity index (χ4n) is 5.44. The van der Waals surface area contributed by atoms with Gasteiger partial charge in [0.1, 0.15) is 0 Å². The minimum absolute atomic E-state index is 0.0664. The molecular weight excluding hydrogens is 479 g/mol. The molecule has 9 heteroatoms. The van der Waals surface area contributed by atoms with Gasteiger partial charge in [-0.2, -0.15) is 13.9 Å². The van der Waals surface area contributed by atoms with Gasteiger partial charge in [-0.1, -0.05) is 56.3 Å². The predicted molar refractivity (Wildman–Crippen MR) is 136 cm³/mol. The highest BCUT2D eigenvalue weighted by Crippen LogP contribution is 2.44. The zero-order valence-corrected chi connectivity index (χ0v) is 21.3. The fourth-order valence-corrected chi connectivity index (χ4v) is 5.44. The van der Waals surface area contributed by atoms with Crippen LogP contribution in [0.5, 0.6) is 0 Å². The average Bonchev–Trinajstić information content (AvgIpc) is 3.40. The van der Waals surface area contributed by atoms with Gasteiger partial charge in [0.05, 0.1) is 25.5 Å². The third-order valence-corrected chi connectivity index (χ3v) is 7.44. The summed E-state index contributed by atoms with van der Waals surface area (Å²) in [4.78, 5) is 17.4. The van der Waals surface area contributed by atoms with Crippen molar-refractivity contribution in [3.63, 3.8) is 0 Å². The van der Waals surface area contributed by atoms with Crippen LogP contribution in [-0.2, 0) is 22.7 Å². The minimum Gasteiger partial charge on any atom is -0.311 e. The highest BCUT2D eigenvalue weighted by Gasteiger charge is 2.42. The van der Waals surface area contributed by atoms with E-state index in [4.69, 9.17) is 0 Å². The number of carbonyl (C=O) groups is 1. The van der Waals surface area contributed by atoms with E-state index < -0.39 is 11.7 Å². The lowest BCUT2D eigenvalue weighted by molar-refractivity contribution is -0.120. The van der Waals surface area contributed by atoms with Crippen LogP contribution in [0.1, 0.15) is 37.5 Å². The maximum atomic E-state index is 15.4. The Morgan fingerprint density at radius 1 is 1.16 bits per heavy atom. The maximum Gasteiger partial charge on any atom is 0.298 e. The number of aromatic nitrogens is 2. The van der Waals surface area contributed by atoms with Gasteiger partial charge in [0, 0.05) is 53.9 Å². The van der Waals surface area contributed by atoms with Gasteiger partial charge in [0.25, 0.3) is 5.92 Å². The molecule has 0 radical (unpaired) electrons. The number of halogens is 3. The summed E-state index contributed by atoms with van der Waals surface area (Å²) in [7, 11) is 0. The Labute approximate surface area is 215 Å². The summed E-state index contributed by atoms with van der Waals surface area (Å²) >= 11 is 0. The average molecular weight is 512 g/mol. The number of carbonyl (C=O) groups excluding carboxylic acids is 1. The SMILES string of the molecule is C[C@@H]1CN(CC(=O)N2CC(C)(C)c3ccc(C(F)(F)c4ccccc4)cc32)[C@@H](Cn2cc(F)cn2)CN1. The molecule has 1 aromatic heterocycles. The Kier molecular flexibility index (Phi) is 6.62. The molecule has 1 saturated heterocycles. The van der Waals surface area contributed by atoms with Crippen molar-refractivity contribution in [3.8, 4) is 0 Å². The number of hydrogen-bond donors (Lipinski definition) is 1. The molecule has 2 aromatic carbocycles. The first-order chi connectivity index (χ1) is 17.5. The highest BCUT2D eigenvalue weighted by atomic mass is 19.3. The van der Waals surface area contributed by atoms with Crippen molar-refractivity contribution < 1.29 is 18.0 Å². The number of nitrogens with zero attached hydrogens (tertiary/aromatic N) is 4. The number of alkyl halides is 2. The van der Waals surface area contributed by atoms with E-state index >= 15 is 8.78 Å². The fraction of sp³-hybridized carbons (Fsp3) is 0.429. The lowest BCUT2D eigenvalue weighted by atomic mass is 9.86. The van der Waals surface area contributed by atoms with Gasteiger partial charge in [-0.3, -0.25) is 14.4 Å². The van der Waals surface area contributed by atoms with Crippen molar-refractivity contribution in [2.45, 2.75) is 50.7 Å². The molecular formula is C28H32F3N5O. The second kappa shape index (κ2) is 9.61. The number of fused-ring (bicyclic) bond motifs is 1. The molecule has 3 aromatic rings. The largest absolute Gasteiger partial charge is 0.311 e. The Balaban J connectivity index is 1.40. The van der Waals surface area contributed by atoms with Gasteiger partial charge < -0.3 is 10.2 Å². The van der Waals surface area contributed by atoms with Gasteiger partial charge >= 0.3 is 0 Å². The van der Waals surface area contributed by atoms with Gasteiger partial charge in [0.15, 0.2) is 5.82 Å². The van der Waals surface area contributed by atoms with Crippen molar-refractivity contribution in [1.82, 2.24) is 20.0 Å². The van der Waals surface area contributed by atoms with E-state index in [-0.39, 0.29) is 41.1 Å². The topological polar surface area (TPSA) is 53.4 Å². The molecule has 1 amide bonds. The van der Waals surface area contributed by atoms with E-state index in [1.807, 2.05) is 20.8 Å². The molecule has 2 aliphatic rings. The quantitative estimate of drug-likeness (QED) is 0.541. The normalized spacial score (nSPS) is 21.7. The Bertz CT molecular complexity index is 1280. The molecule has 1 N–H and O–H groups in total. The van der Waals surface area contributed by atoms with Crippen LogP contribution in [0.4, 0.5) is 18.9 Å². The van der Waals surface area contributed by atoms with Crippen LogP contribution in [0.25, 0.3) is 0 Å². The van der Waals surface area contributed by atoms with Crippen LogP contribution >= 0.6 is 0 Å². The zero-order valence-electron chi connectivity index (χ0n) is 21.3. The number of rotatable bonds is 6.